The van der Waals surface area contributed by atoms with Gasteiger partial charge in [0.1, 0.15) is 0 Å². The van der Waals surface area contributed by atoms with Gasteiger partial charge in [0.15, 0.2) is 0 Å². The van der Waals surface area contributed by atoms with E-state index >= 15 is 0 Å². The van der Waals surface area contributed by atoms with Gasteiger partial charge in [0.25, 0.3) is 0 Å². The summed E-state index contributed by atoms with van der Waals surface area (Å²) < 4.78 is 0. The third-order valence-electron chi connectivity index (χ3n) is 0.734. The summed E-state index contributed by atoms with van der Waals surface area (Å²) in [6.45, 7) is 1.88. The second-order valence-corrected chi connectivity index (χ2v) is 1.51. The maximum atomic E-state index is 8.18. The SMILES string of the molecule is C\C=C/C(N)=C\C=C\O. The number of aliphatic hydroxyl groups excluding tert-OH is 1. The van der Waals surface area contributed by atoms with Crippen LogP contribution in [0.3, 0.4) is 0 Å². The zero-order valence-electron chi connectivity index (χ0n) is 5.41. The second-order valence-electron chi connectivity index (χ2n) is 1.51. The minimum absolute atomic E-state index is 0.628. The zero-order valence-corrected chi connectivity index (χ0v) is 5.41. The van der Waals surface area contributed by atoms with Gasteiger partial charge in [0.2, 0.25) is 0 Å². The predicted octanol–water partition coefficient (Wildman–Crippen LogP) is 1.48. The summed E-state index contributed by atoms with van der Waals surface area (Å²) in [7, 11) is 0. The van der Waals surface area contributed by atoms with E-state index in [9.17, 15) is 0 Å². The molecule has 3 N–H and O–H groups in total. The highest BCUT2D eigenvalue weighted by atomic mass is 16.2. The lowest BCUT2D eigenvalue weighted by Crippen LogP contribution is -1.90. The summed E-state index contributed by atoms with van der Waals surface area (Å²) in [5.41, 5.74) is 6.01. The van der Waals surface area contributed by atoms with Crippen molar-refractivity contribution < 1.29 is 5.11 Å². The Morgan fingerprint density at radius 1 is 1.56 bits per heavy atom. The van der Waals surface area contributed by atoms with Crippen molar-refractivity contribution in [2.45, 2.75) is 6.92 Å². The average Bonchev–Trinajstić information content (AvgIpc) is 1.85. The van der Waals surface area contributed by atoms with Crippen LogP contribution in [0.15, 0.2) is 36.3 Å². The maximum Gasteiger partial charge on any atom is 0.0792 e. The third-order valence-corrected chi connectivity index (χ3v) is 0.734. The van der Waals surface area contributed by atoms with Gasteiger partial charge in [0, 0.05) is 5.70 Å². The lowest BCUT2D eigenvalue weighted by molar-refractivity contribution is 0.473. The van der Waals surface area contributed by atoms with Crippen molar-refractivity contribution >= 4 is 0 Å². The first-order valence-corrected chi connectivity index (χ1v) is 2.70. The Morgan fingerprint density at radius 2 is 2.22 bits per heavy atom. The highest BCUT2D eigenvalue weighted by molar-refractivity contribution is 5.19. The van der Waals surface area contributed by atoms with Crippen LogP contribution >= 0.6 is 0 Å². The number of hydrogen-bond acceptors (Lipinski definition) is 2. The first kappa shape index (κ1) is 7.82. The molecule has 0 aliphatic heterocycles. The molecule has 0 aliphatic carbocycles. The van der Waals surface area contributed by atoms with Crippen LogP contribution in [0.25, 0.3) is 0 Å². The van der Waals surface area contributed by atoms with E-state index in [1.165, 1.54) is 6.08 Å². The quantitative estimate of drug-likeness (QED) is 0.433. The normalized spacial score (nSPS) is 13.7. The lowest BCUT2D eigenvalue weighted by atomic mass is 10.3. The summed E-state index contributed by atoms with van der Waals surface area (Å²) in [5.74, 6) is 0. The van der Waals surface area contributed by atoms with Crippen molar-refractivity contribution in [1.82, 2.24) is 0 Å². The van der Waals surface area contributed by atoms with Gasteiger partial charge in [-0.2, -0.15) is 0 Å². The molecule has 0 radical (unpaired) electrons. The number of rotatable bonds is 2. The molecule has 0 aromatic rings. The molecule has 0 heterocycles. The molecule has 0 aliphatic rings. The smallest absolute Gasteiger partial charge is 0.0792 e. The van der Waals surface area contributed by atoms with E-state index in [4.69, 9.17) is 10.8 Å². The number of nitrogens with two attached hydrogens (primary N) is 1. The van der Waals surface area contributed by atoms with Crippen molar-refractivity contribution in [3.8, 4) is 0 Å². The first-order valence-electron chi connectivity index (χ1n) is 2.70. The fourth-order valence-corrected chi connectivity index (χ4v) is 0.402. The summed E-state index contributed by atoms with van der Waals surface area (Å²) in [4.78, 5) is 0. The van der Waals surface area contributed by atoms with Gasteiger partial charge in [-0.05, 0) is 25.2 Å². The molecule has 0 atom stereocenters. The van der Waals surface area contributed by atoms with Crippen LogP contribution in [0.5, 0.6) is 0 Å². The number of hydrogen-bond donors (Lipinski definition) is 2. The zero-order chi connectivity index (χ0) is 7.11. The van der Waals surface area contributed by atoms with Gasteiger partial charge in [-0.15, -0.1) is 0 Å². The molecule has 0 fully saturated rings. The number of allylic oxidation sites excluding steroid dienone is 4. The van der Waals surface area contributed by atoms with E-state index in [1.807, 2.05) is 13.0 Å². The van der Waals surface area contributed by atoms with Crippen LogP contribution in [0.1, 0.15) is 6.92 Å². The second kappa shape index (κ2) is 4.97. The molecule has 0 spiro atoms. The van der Waals surface area contributed by atoms with E-state index in [0.717, 1.165) is 6.26 Å². The van der Waals surface area contributed by atoms with E-state index < -0.39 is 0 Å². The van der Waals surface area contributed by atoms with E-state index in [-0.39, 0.29) is 0 Å². The molecule has 50 valence electrons. The molecular formula is C7H11NO. The van der Waals surface area contributed by atoms with Gasteiger partial charge in [-0.3, -0.25) is 0 Å². The van der Waals surface area contributed by atoms with Gasteiger partial charge in [-0.25, -0.2) is 0 Å². The van der Waals surface area contributed by atoms with Crippen LogP contribution in [-0.4, -0.2) is 5.11 Å². The van der Waals surface area contributed by atoms with E-state index in [1.54, 1.807) is 12.2 Å². The molecule has 0 aromatic carbocycles. The summed E-state index contributed by atoms with van der Waals surface area (Å²) in [5, 5.41) is 8.18. The molecule has 0 amide bonds. The van der Waals surface area contributed by atoms with Crippen molar-refractivity contribution in [2.75, 3.05) is 0 Å². The van der Waals surface area contributed by atoms with E-state index in [2.05, 4.69) is 0 Å². The fourth-order valence-electron chi connectivity index (χ4n) is 0.402. The first-order chi connectivity index (χ1) is 4.31. The molecule has 2 heteroatoms. The Labute approximate surface area is 55.0 Å². The molecule has 0 rings (SSSR count). The topological polar surface area (TPSA) is 46.2 Å². The highest BCUT2D eigenvalue weighted by Gasteiger charge is 1.73. The minimum atomic E-state index is 0.628. The highest BCUT2D eigenvalue weighted by Crippen LogP contribution is 1.85. The van der Waals surface area contributed by atoms with Gasteiger partial charge < -0.3 is 10.8 Å². The predicted molar refractivity (Wildman–Crippen MR) is 38.9 cm³/mol. The van der Waals surface area contributed by atoms with Gasteiger partial charge >= 0.3 is 0 Å². The van der Waals surface area contributed by atoms with Crippen molar-refractivity contribution in [2.24, 2.45) is 5.73 Å². The summed E-state index contributed by atoms with van der Waals surface area (Å²) in [6, 6.07) is 0. The monoisotopic (exact) mass is 125 g/mol. The Morgan fingerprint density at radius 3 is 2.67 bits per heavy atom. The van der Waals surface area contributed by atoms with Crippen LogP contribution in [0.4, 0.5) is 0 Å². The molecule has 0 saturated carbocycles. The Balaban J connectivity index is 3.84. The van der Waals surface area contributed by atoms with Crippen molar-refractivity contribution in [3.63, 3.8) is 0 Å². The summed E-state index contributed by atoms with van der Waals surface area (Å²) >= 11 is 0. The van der Waals surface area contributed by atoms with Gasteiger partial charge in [0.05, 0.1) is 6.26 Å². The molecule has 0 saturated heterocycles. The van der Waals surface area contributed by atoms with Crippen molar-refractivity contribution in [1.29, 1.82) is 0 Å². The Bertz CT molecular complexity index is 145. The standard InChI is InChI=1S/C7H11NO/c1-2-4-7(8)5-3-6-9/h2-6,9H,8H2,1H3/b4-2-,6-3+,7-5+. The van der Waals surface area contributed by atoms with Crippen LogP contribution in [-0.2, 0) is 0 Å². The third kappa shape index (κ3) is 4.68. The Hall–Kier alpha value is -1.18. The van der Waals surface area contributed by atoms with Crippen LogP contribution in [0, 0.1) is 0 Å². The largest absolute Gasteiger partial charge is 0.516 e. The van der Waals surface area contributed by atoms with Crippen LogP contribution < -0.4 is 5.73 Å². The molecule has 9 heavy (non-hydrogen) atoms. The maximum absolute atomic E-state index is 8.18. The van der Waals surface area contributed by atoms with Crippen LogP contribution in [0.2, 0.25) is 0 Å². The summed E-state index contributed by atoms with van der Waals surface area (Å²) in [6.07, 6.45) is 7.60. The number of aliphatic hydroxyl groups is 1. The fraction of sp³-hybridized carbons (Fsp3) is 0.143. The molecule has 2 nitrogen and oxygen atoms in total. The lowest BCUT2D eigenvalue weighted by Gasteiger charge is -1.84. The van der Waals surface area contributed by atoms with E-state index in [0.29, 0.717) is 5.70 Å². The average molecular weight is 125 g/mol. The Kier molecular flexibility index (Phi) is 4.32. The molecular weight excluding hydrogens is 114 g/mol. The van der Waals surface area contributed by atoms with Crippen molar-refractivity contribution in [3.05, 3.63) is 36.3 Å². The molecule has 0 bridgehead atoms. The minimum Gasteiger partial charge on any atom is -0.516 e. The molecule has 0 unspecified atom stereocenters. The molecule has 0 aromatic heterocycles. The van der Waals surface area contributed by atoms with Gasteiger partial charge in [-0.1, -0.05) is 6.08 Å².